The van der Waals surface area contributed by atoms with Gasteiger partial charge in [0, 0.05) is 44.7 Å². The molecule has 1 unspecified atom stereocenters. The van der Waals surface area contributed by atoms with E-state index in [9.17, 15) is 4.79 Å². The van der Waals surface area contributed by atoms with Crippen LogP contribution in [0.25, 0.3) is 0 Å². The van der Waals surface area contributed by atoms with E-state index in [2.05, 4.69) is 42.9 Å². The Morgan fingerprint density at radius 3 is 2.43 bits per heavy atom. The summed E-state index contributed by atoms with van der Waals surface area (Å²) in [6.07, 6.45) is 2.54. The molecular formula is C16H34N4O. The lowest BCUT2D eigenvalue weighted by atomic mass is 10.00. The van der Waals surface area contributed by atoms with Crippen LogP contribution in [0.4, 0.5) is 0 Å². The second kappa shape index (κ2) is 8.71. The number of nitrogens with one attached hydrogen (secondary N) is 1. The standard InChI is InChI=1S/C16H34N4O/c1-14(7-8-17)5-6-15(21)18-13-16(2,3)20-11-9-19(4)10-12-20/h14H,5-13,17H2,1-4H3,(H,18,21). The van der Waals surface area contributed by atoms with Crippen molar-refractivity contribution in [2.75, 3.05) is 46.3 Å². The van der Waals surface area contributed by atoms with Crippen molar-refractivity contribution in [2.45, 2.75) is 45.6 Å². The zero-order valence-electron chi connectivity index (χ0n) is 14.3. The molecule has 5 nitrogen and oxygen atoms in total. The molecule has 0 radical (unpaired) electrons. The van der Waals surface area contributed by atoms with E-state index in [1.807, 2.05) is 0 Å². The van der Waals surface area contributed by atoms with Gasteiger partial charge in [-0.05, 0) is 46.2 Å². The van der Waals surface area contributed by atoms with Crippen LogP contribution in [0.1, 0.15) is 40.0 Å². The monoisotopic (exact) mass is 298 g/mol. The molecule has 1 aliphatic heterocycles. The summed E-state index contributed by atoms with van der Waals surface area (Å²) in [6.45, 7) is 12.4. The maximum atomic E-state index is 12.0. The molecule has 0 spiro atoms. The lowest BCUT2D eigenvalue weighted by Gasteiger charge is -2.43. The summed E-state index contributed by atoms with van der Waals surface area (Å²) in [5.74, 6) is 0.701. The predicted octanol–water partition coefficient (Wildman–Crippen LogP) is 0.894. The molecule has 1 amide bonds. The predicted molar refractivity (Wildman–Crippen MR) is 88.2 cm³/mol. The van der Waals surface area contributed by atoms with Crippen molar-refractivity contribution in [2.24, 2.45) is 11.7 Å². The quantitative estimate of drug-likeness (QED) is 0.699. The van der Waals surface area contributed by atoms with Gasteiger partial charge in [-0.25, -0.2) is 0 Å². The first-order valence-corrected chi connectivity index (χ1v) is 8.25. The van der Waals surface area contributed by atoms with Crippen LogP contribution >= 0.6 is 0 Å². The normalized spacial score (nSPS) is 19.5. The molecule has 0 aromatic rings. The minimum absolute atomic E-state index is 0.0276. The molecule has 0 aromatic heterocycles. The largest absolute Gasteiger partial charge is 0.354 e. The Bertz CT molecular complexity index is 311. The Morgan fingerprint density at radius 2 is 1.86 bits per heavy atom. The van der Waals surface area contributed by atoms with Crippen molar-refractivity contribution in [3.63, 3.8) is 0 Å². The van der Waals surface area contributed by atoms with Crippen LogP contribution < -0.4 is 11.1 Å². The molecule has 1 rings (SSSR count). The average Bonchev–Trinajstić information content (AvgIpc) is 2.44. The number of likely N-dealkylation sites (N-methyl/N-ethyl adjacent to an activating group) is 1. The Balaban J connectivity index is 2.27. The van der Waals surface area contributed by atoms with E-state index in [1.54, 1.807) is 0 Å². The highest BCUT2D eigenvalue weighted by atomic mass is 16.1. The Labute approximate surface area is 130 Å². The molecule has 1 saturated heterocycles. The van der Waals surface area contributed by atoms with E-state index in [0.29, 0.717) is 18.9 Å². The topological polar surface area (TPSA) is 61.6 Å². The second-order valence-electron chi connectivity index (χ2n) is 7.10. The highest BCUT2D eigenvalue weighted by Gasteiger charge is 2.29. The summed E-state index contributed by atoms with van der Waals surface area (Å²) < 4.78 is 0. The highest BCUT2D eigenvalue weighted by molar-refractivity contribution is 5.75. The van der Waals surface area contributed by atoms with Crippen molar-refractivity contribution in [1.82, 2.24) is 15.1 Å². The summed E-state index contributed by atoms with van der Waals surface area (Å²) in [5.41, 5.74) is 5.56. The SMILES string of the molecule is CC(CCN)CCC(=O)NCC(C)(C)N1CCN(C)CC1. The van der Waals surface area contributed by atoms with Crippen LogP contribution in [0.5, 0.6) is 0 Å². The van der Waals surface area contributed by atoms with Crippen LogP contribution in [0.3, 0.4) is 0 Å². The van der Waals surface area contributed by atoms with Crippen molar-refractivity contribution in [3.05, 3.63) is 0 Å². The molecule has 1 heterocycles. The van der Waals surface area contributed by atoms with Crippen LogP contribution in [0.15, 0.2) is 0 Å². The molecular weight excluding hydrogens is 264 g/mol. The average molecular weight is 298 g/mol. The number of piperazine rings is 1. The van der Waals surface area contributed by atoms with Gasteiger partial charge in [-0.2, -0.15) is 0 Å². The van der Waals surface area contributed by atoms with Gasteiger partial charge >= 0.3 is 0 Å². The van der Waals surface area contributed by atoms with Gasteiger partial charge in [-0.3, -0.25) is 9.69 Å². The molecule has 1 fully saturated rings. The van der Waals surface area contributed by atoms with Gasteiger partial charge < -0.3 is 16.0 Å². The van der Waals surface area contributed by atoms with Gasteiger partial charge in [0.25, 0.3) is 0 Å². The molecule has 0 saturated carbocycles. The third-order valence-corrected chi connectivity index (χ3v) is 4.60. The molecule has 1 aliphatic rings. The fourth-order valence-corrected chi connectivity index (χ4v) is 2.73. The summed E-state index contributed by atoms with van der Waals surface area (Å²) in [5, 5.41) is 3.10. The summed E-state index contributed by atoms with van der Waals surface area (Å²) in [7, 11) is 2.16. The van der Waals surface area contributed by atoms with Gasteiger partial charge in [0.2, 0.25) is 5.91 Å². The number of carbonyl (C=O) groups is 1. The van der Waals surface area contributed by atoms with E-state index >= 15 is 0 Å². The fraction of sp³-hybridized carbons (Fsp3) is 0.938. The van der Waals surface area contributed by atoms with Crippen molar-refractivity contribution < 1.29 is 4.79 Å². The maximum Gasteiger partial charge on any atom is 0.220 e. The number of rotatable bonds is 8. The number of amides is 1. The van der Waals surface area contributed by atoms with E-state index in [4.69, 9.17) is 5.73 Å². The third-order valence-electron chi connectivity index (χ3n) is 4.60. The van der Waals surface area contributed by atoms with E-state index in [1.165, 1.54) is 0 Å². The van der Waals surface area contributed by atoms with Gasteiger partial charge in [0.15, 0.2) is 0 Å². The first kappa shape index (κ1) is 18.4. The first-order valence-electron chi connectivity index (χ1n) is 8.25. The number of carbonyl (C=O) groups excluding carboxylic acids is 1. The van der Waals surface area contributed by atoms with Crippen molar-refractivity contribution in [3.8, 4) is 0 Å². The molecule has 0 aliphatic carbocycles. The van der Waals surface area contributed by atoms with E-state index < -0.39 is 0 Å². The van der Waals surface area contributed by atoms with Crippen LogP contribution in [-0.2, 0) is 4.79 Å². The molecule has 5 heteroatoms. The van der Waals surface area contributed by atoms with E-state index in [0.717, 1.165) is 45.6 Å². The smallest absolute Gasteiger partial charge is 0.220 e. The number of nitrogens with two attached hydrogens (primary N) is 1. The molecule has 3 N–H and O–H groups in total. The molecule has 0 aromatic carbocycles. The van der Waals surface area contributed by atoms with Crippen LogP contribution in [-0.4, -0.2) is 67.6 Å². The molecule has 0 bridgehead atoms. The summed E-state index contributed by atoms with van der Waals surface area (Å²) >= 11 is 0. The molecule has 124 valence electrons. The lowest BCUT2D eigenvalue weighted by molar-refractivity contribution is -0.122. The zero-order valence-corrected chi connectivity index (χ0v) is 14.3. The second-order valence-corrected chi connectivity index (χ2v) is 7.10. The fourth-order valence-electron chi connectivity index (χ4n) is 2.73. The van der Waals surface area contributed by atoms with Gasteiger partial charge in [-0.1, -0.05) is 6.92 Å². The van der Waals surface area contributed by atoms with Crippen LogP contribution in [0, 0.1) is 5.92 Å². The van der Waals surface area contributed by atoms with Gasteiger partial charge in [0.1, 0.15) is 0 Å². The first-order chi connectivity index (χ1) is 9.85. The molecule has 1 atom stereocenters. The van der Waals surface area contributed by atoms with Gasteiger partial charge in [-0.15, -0.1) is 0 Å². The number of hydrogen-bond donors (Lipinski definition) is 2. The highest BCUT2D eigenvalue weighted by Crippen LogP contribution is 2.16. The minimum Gasteiger partial charge on any atom is -0.354 e. The Hall–Kier alpha value is -0.650. The Kier molecular flexibility index (Phi) is 7.63. The third kappa shape index (κ3) is 6.76. The Morgan fingerprint density at radius 1 is 1.24 bits per heavy atom. The number of nitrogens with zero attached hydrogens (tertiary/aromatic N) is 2. The van der Waals surface area contributed by atoms with Crippen molar-refractivity contribution >= 4 is 5.91 Å². The van der Waals surface area contributed by atoms with Gasteiger partial charge in [0.05, 0.1) is 0 Å². The molecule has 21 heavy (non-hydrogen) atoms. The summed E-state index contributed by atoms with van der Waals surface area (Å²) in [4.78, 5) is 16.8. The minimum atomic E-state index is 0.0276. The lowest BCUT2D eigenvalue weighted by Crippen LogP contribution is -2.57. The van der Waals surface area contributed by atoms with Crippen molar-refractivity contribution in [1.29, 1.82) is 0 Å². The van der Waals surface area contributed by atoms with Crippen LogP contribution in [0.2, 0.25) is 0 Å². The number of hydrogen-bond acceptors (Lipinski definition) is 4. The zero-order chi connectivity index (χ0) is 15.9. The summed E-state index contributed by atoms with van der Waals surface area (Å²) in [6, 6.07) is 0. The van der Waals surface area contributed by atoms with E-state index in [-0.39, 0.29) is 11.4 Å². The maximum absolute atomic E-state index is 12.0.